The second-order valence-corrected chi connectivity index (χ2v) is 3.90. The van der Waals surface area contributed by atoms with E-state index in [4.69, 9.17) is 5.73 Å². The van der Waals surface area contributed by atoms with Crippen molar-refractivity contribution in [2.24, 2.45) is 5.73 Å². The van der Waals surface area contributed by atoms with E-state index in [1.54, 1.807) is 6.07 Å². The molecule has 0 radical (unpaired) electrons. The molecule has 98 valence electrons. The van der Waals surface area contributed by atoms with Crippen molar-refractivity contribution >= 4 is 11.7 Å². The Labute approximate surface area is 108 Å². The molecule has 1 aromatic carbocycles. The lowest BCUT2D eigenvalue weighted by Gasteiger charge is -2.09. The van der Waals surface area contributed by atoms with Crippen LogP contribution in [0.5, 0.6) is 0 Å². The van der Waals surface area contributed by atoms with Crippen molar-refractivity contribution in [2.75, 3.05) is 5.32 Å². The van der Waals surface area contributed by atoms with Crippen molar-refractivity contribution in [3.8, 4) is 0 Å². The first kappa shape index (κ1) is 12.9. The van der Waals surface area contributed by atoms with Gasteiger partial charge in [0.1, 0.15) is 17.5 Å². The van der Waals surface area contributed by atoms with E-state index in [0.717, 1.165) is 6.07 Å². The van der Waals surface area contributed by atoms with Gasteiger partial charge in [0, 0.05) is 18.8 Å². The van der Waals surface area contributed by atoms with Gasteiger partial charge in [-0.2, -0.15) is 0 Å². The number of benzene rings is 1. The summed E-state index contributed by atoms with van der Waals surface area (Å²) < 4.78 is 26.0. The van der Waals surface area contributed by atoms with Crippen LogP contribution in [0.25, 0.3) is 0 Å². The van der Waals surface area contributed by atoms with Gasteiger partial charge in [0.25, 0.3) is 5.91 Å². The first-order valence-electron chi connectivity index (χ1n) is 5.50. The summed E-state index contributed by atoms with van der Waals surface area (Å²) in [7, 11) is 0. The zero-order valence-electron chi connectivity index (χ0n) is 9.86. The van der Waals surface area contributed by atoms with Gasteiger partial charge in [-0.25, -0.2) is 13.8 Å². The molecular weight excluding hydrogens is 252 g/mol. The fourth-order valence-electron chi connectivity index (χ4n) is 1.64. The molecule has 3 N–H and O–H groups in total. The Morgan fingerprint density at radius 2 is 1.95 bits per heavy atom. The summed E-state index contributed by atoms with van der Waals surface area (Å²) in [6.07, 6.45) is 1.49. The van der Waals surface area contributed by atoms with E-state index >= 15 is 0 Å². The fourth-order valence-corrected chi connectivity index (χ4v) is 1.64. The molecule has 0 spiro atoms. The highest BCUT2D eigenvalue weighted by Gasteiger charge is 2.08. The molecule has 0 aliphatic heterocycles. The van der Waals surface area contributed by atoms with Crippen LogP contribution in [-0.2, 0) is 6.54 Å². The standard InChI is InChI=1S/C13H11F2N3O/c14-9-4-8(5-10(15)6-9)7-18-13-11(12(16)19)2-1-3-17-13/h1-6H,7H2,(H2,16,19)(H,17,18). The molecule has 0 aliphatic carbocycles. The van der Waals surface area contributed by atoms with Crippen LogP contribution in [0.4, 0.5) is 14.6 Å². The van der Waals surface area contributed by atoms with Gasteiger partial charge in [-0.3, -0.25) is 4.79 Å². The monoisotopic (exact) mass is 263 g/mol. The van der Waals surface area contributed by atoms with Gasteiger partial charge in [-0.1, -0.05) is 0 Å². The van der Waals surface area contributed by atoms with Crippen molar-refractivity contribution in [2.45, 2.75) is 6.54 Å². The minimum absolute atomic E-state index is 0.131. The van der Waals surface area contributed by atoms with Crippen molar-refractivity contribution in [3.05, 3.63) is 59.3 Å². The van der Waals surface area contributed by atoms with Crippen LogP contribution >= 0.6 is 0 Å². The van der Waals surface area contributed by atoms with Crippen molar-refractivity contribution in [1.82, 2.24) is 4.98 Å². The van der Waals surface area contributed by atoms with Crippen molar-refractivity contribution < 1.29 is 13.6 Å². The Kier molecular flexibility index (Phi) is 3.70. The van der Waals surface area contributed by atoms with Gasteiger partial charge in [-0.15, -0.1) is 0 Å². The number of aromatic nitrogens is 1. The predicted molar refractivity (Wildman–Crippen MR) is 66.4 cm³/mol. The number of nitrogens with two attached hydrogens (primary N) is 1. The Balaban J connectivity index is 2.16. The SMILES string of the molecule is NC(=O)c1cccnc1NCc1cc(F)cc(F)c1. The first-order chi connectivity index (χ1) is 9.06. The molecule has 0 bridgehead atoms. The molecule has 0 saturated heterocycles. The molecule has 19 heavy (non-hydrogen) atoms. The lowest BCUT2D eigenvalue weighted by atomic mass is 10.2. The largest absolute Gasteiger partial charge is 0.365 e. The molecule has 0 aliphatic rings. The molecule has 2 rings (SSSR count). The zero-order valence-corrected chi connectivity index (χ0v) is 9.86. The Morgan fingerprint density at radius 1 is 1.26 bits per heavy atom. The Bertz CT molecular complexity index is 596. The van der Waals surface area contributed by atoms with Crippen LogP contribution in [0.15, 0.2) is 36.5 Å². The maximum Gasteiger partial charge on any atom is 0.252 e. The number of pyridine rings is 1. The molecule has 2 aromatic rings. The van der Waals surface area contributed by atoms with Crippen LogP contribution in [0.2, 0.25) is 0 Å². The minimum Gasteiger partial charge on any atom is -0.365 e. The Morgan fingerprint density at radius 3 is 2.58 bits per heavy atom. The third kappa shape index (κ3) is 3.25. The van der Waals surface area contributed by atoms with Gasteiger partial charge >= 0.3 is 0 Å². The second kappa shape index (κ2) is 5.43. The predicted octanol–water partition coefficient (Wildman–Crippen LogP) is 2.07. The lowest BCUT2D eigenvalue weighted by Crippen LogP contribution is -2.15. The lowest BCUT2D eigenvalue weighted by molar-refractivity contribution is 0.100. The summed E-state index contributed by atoms with van der Waals surface area (Å²) in [6, 6.07) is 6.28. The summed E-state index contributed by atoms with van der Waals surface area (Å²) in [5.74, 6) is -1.67. The van der Waals surface area contributed by atoms with E-state index in [1.807, 2.05) is 0 Å². The first-order valence-corrected chi connectivity index (χ1v) is 5.50. The zero-order chi connectivity index (χ0) is 13.8. The molecule has 0 fully saturated rings. The van der Waals surface area contributed by atoms with E-state index in [1.165, 1.54) is 24.4 Å². The van der Waals surface area contributed by atoms with Gasteiger partial charge in [-0.05, 0) is 29.8 Å². The highest BCUT2D eigenvalue weighted by Crippen LogP contribution is 2.13. The van der Waals surface area contributed by atoms with Gasteiger partial charge in [0.15, 0.2) is 0 Å². The summed E-state index contributed by atoms with van der Waals surface area (Å²) in [6.45, 7) is 0.131. The molecule has 1 heterocycles. The number of hydrogen-bond donors (Lipinski definition) is 2. The topological polar surface area (TPSA) is 68.0 Å². The van der Waals surface area contributed by atoms with E-state index in [0.29, 0.717) is 5.56 Å². The summed E-state index contributed by atoms with van der Waals surface area (Å²) in [5.41, 5.74) is 5.82. The number of amides is 1. The number of hydrogen-bond acceptors (Lipinski definition) is 3. The highest BCUT2D eigenvalue weighted by molar-refractivity contribution is 5.97. The van der Waals surface area contributed by atoms with E-state index in [-0.39, 0.29) is 17.9 Å². The summed E-state index contributed by atoms with van der Waals surface area (Å²) >= 11 is 0. The van der Waals surface area contributed by atoms with E-state index < -0.39 is 17.5 Å². The van der Waals surface area contributed by atoms with Gasteiger partial charge in [0.05, 0.1) is 5.56 Å². The number of halogens is 2. The van der Waals surface area contributed by atoms with E-state index in [2.05, 4.69) is 10.3 Å². The van der Waals surface area contributed by atoms with Crippen molar-refractivity contribution in [1.29, 1.82) is 0 Å². The number of nitrogens with one attached hydrogen (secondary N) is 1. The molecule has 0 saturated carbocycles. The smallest absolute Gasteiger partial charge is 0.252 e. The maximum atomic E-state index is 13.0. The molecule has 4 nitrogen and oxygen atoms in total. The molecule has 0 unspecified atom stereocenters. The van der Waals surface area contributed by atoms with Crippen LogP contribution in [0.1, 0.15) is 15.9 Å². The normalized spacial score (nSPS) is 10.2. The average Bonchev–Trinajstić information content (AvgIpc) is 2.35. The van der Waals surface area contributed by atoms with Gasteiger partial charge < -0.3 is 11.1 Å². The fraction of sp³-hybridized carbons (Fsp3) is 0.0769. The number of anilines is 1. The molecular formula is C13H11F2N3O. The Hall–Kier alpha value is -2.50. The number of primary amides is 1. The third-order valence-corrected chi connectivity index (χ3v) is 2.46. The third-order valence-electron chi connectivity index (χ3n) is 2.46. The van der Waals surface area contributed by atoms with Crippen LogP contribution in [-0.4, -0.2) is 10.9 Å². The quantitative estimate of drug-likeness (QED) is 0.887. The molecule has 1 amide bonds. The van der Waals surface area contributed by atoms with Crippen LogP contribution in [0, 0.1) is 11.6 Å². The average molecular weight is 263 g/mol. The molecule has 1 aromatic heterocycles. The van der Waals surface area contributed by atoms with E-state index in [9.17, 15) is 13.6 Å². The number of nitrogens with zero attached hydrogens (tertiary/aromatic N) is 1. The second-order valence-electron chi connectivity index (χ2n) is 3.90. The van der Waals surface area contributed by atoms with Gasteiger partial charge in [0.2, 0.25) is 0 Å². The summed E-state index contributed by atoms with van der Waals surface area (Å²) in [4.78, 5) is 15.1. The number of rotatable bonds is 4. The highest BCUT2D eigenvalue weighted by atomic mass is 19.1. The number of carbonyl (C=O) groups excluding carboxylic acids is 1. The maximum absolute atomic E-state index is 13.0. The molecule has 0 atom stereocenters. The minimum atomic E-state index is -0.659. The molecule has 6 heteroatoms. The summed E-state index contributed by atoms with van der Waals surface area (Å²) in [5, 5.41) is 2.82. The van der Waals surface area contributed by atoms with Crippen LogP contribution in [0.3, 0.4) is 0 Å². The number of carbonyl (C=O) groups is 1. The van der Waals surface area contributed by atoms with Crippen molar-refractivity contribution in [3.63, 3.8) is 0 Å². The van der Waals surface area contributed by atoms with Crippen LogP contribution < -0.4 is 11.1 Å².